The van der Waals surface area contributed by atoms with Crippen LogP contribution < -0.4 is 4.90 Å². The summed E-state index contributed by atoms with van der Waals surface area (Å²) >= 11 is 0. The van der Waals surface area contributed by atoms with Crippen molar-refractivity contribution in [2.45, 2.75) is 33.1 Å². The van der Waals surface area contributed by atoms with Crippen LogP contribution in [0, 0.1) is 5.41 Å². The Morgan fingerprint density at radius 3 is 2.50 bits per heavy atom. The molecule has 1 aliphatic rings. The number of carboxylic acids is 1. The van der Waals surface area contributed by atoms with Crippen LogP contribution in [-0.2, 0) is 0 Å². The Morgan fingerprint density at radius 1 is 1.39 bits per heavy atom. The molecule has 2 rings (SSSR count). The number of piperidine rings is 1. The van der Waals surface area contributed by atoms with Gasteiger partial charge in [-0.15, -0.1) is 10.2 Å². The highest BCUT2D eigenvalue weighted by molar-refractivity contribution is 5.85. The lowest BCUT2D eigenvalue weighted by molar-refractivity contribution is 0.0689. The first kappa shape index (κ1) is 12.8. The standard InChI is InChI=1S/C13H19N3O2/c1-3-13(2)6-8-16(9-7-13)11-5-4-10(12(17)18)14-15-11/h4-5H,3,6-9H2,1-2H3,(H,17,18). The molecule has 0 radical (unpaired) electrons. The second-order valence-electron chi connectivity index (χ2n) is 5.23. The van der Waals surface area contributed by atoms with E-state index in [1.54, 1.807) is 6.07 Å². The molecule has 0 amide bonds. The van der Waals surface area contributed by atoms with E-state index in [1.165, 1.54) is 12.5 Å². The van der Waals surface area contributed by atoms with Gasteiger partial charge in [-0.05, 0) is 30.4 Å². The molecule has 0 spiro atoms. The van der Waals surface area contributed by atoms with Crippen molar-refractivity contribution in [3.63, 3.8) is 0 Å². The summed E-state index contributed by atoms with van der Waals surface area (Å²) in [5, 5.41) is 16.5. The van der Waals surface area contributed by atoms with E-state index >= 15 is 0 Å². The lowest BCUT2D eigenvalue weighted by Crippen LogP contribution is -2.39. The smallest absolute Gasteiger partial charge is 0.356 e. The number of hydrogen-bond acceptors (Lipinski definition) is 4. The maximum Gasteiger partial charge on any atom is 0.356 e. The molecular formula is C13H19N3O2. The molecule has 1 aromatic rings. The van der Waals surface area contributed by atoms with Crippen LogP contribution in [0.5, 0.6) is 0 Å². The molecule has 2 heterocycles. The summed E-state index contributed by atoms with van der Waals surface area (Å²) in [5.74, 6) is -0.260. The molecule has 0 bridgehead atoms. The monoisotopic (exact) mass is 249 g/mol. The van der Waals surface area contributed by atoms with E-state index in [9.17, 15) is 4.79 Å². The third-order valence-corrected chi connectivity index (χ3v) is 4.02. The van der Waals surface area contributed by atoms with Crippen molar-refractivity contribution in [1.82, 2.24) is 10.2 Å². The molecular weight excluding hydrogens is 230 g/mol. The van der Waals surface area contributed by atoms with Crippen LogP contribution >= 0.6 is 0 Å². The molecule has 18 heavy (non-hydrogen) atoms. The molecule has 98 valence electrons. The molecule has 1 aliphatic heterocycles. The Hall–Kier alpha value is -1.65. The molecule has 1 fully saturated rings. The van der Waals surface area contributed by atoms with Gasteiger partial charge in [-0.2, -0.15) is 0 Å². The van der Waals surface area contributed by atoms with Crippen molar-refractivity contribution >= 4 is 11.8 Å². The van der Waals surface area contributed by atoms with Gasteiger partial charge >= 0.3 is 5.97 Å². The fourth-order valence-corrected chi connectivity index (χ4v) is 2.24. The van der Waals surface area contributed by atoms with Gasteiger partial charge in [0.15, 0.2) is 11.5 Å². The van der Waals surface area contributed by atoms with Crippen LogP contribution in [-0.4, -0.2) is 34.4 Å². The van der Waals surface area contributed by atoms with Gasteiger partial charge in [-0.3, -0.25) is 0 Å². The predicted octanol–water partition coefficient (Wildman–Crippen LogP) is 2.19. The van der Waals surface area contributed by atoms with E-state index in [0.717, 1.165) is 31.7 Å². The van der Waals surface area contributed by atoms with Gasteiger partial charge in [0.1, 0.15) is 0 Å². The first-order chi connectivity index (χ1) is 8.54. The van der Waals surface area contributed by atoms with Crippen LogP contribution in [0.15, 0.2) is 12.1 Å². The largest absolute Gasteiger partial charge is 0.476 e. The van der Waals surface area contributed by atoms with E-state index in [1.807, 2.05) is 0 Å². The second-order valence-corrected chi connectivity index (χ2v) is 5.23. The Labute approximate surface area is 107 Å². The summed E-state index contributed by atoms with van der Waals surface area (Å²) in [4.78, 5) is 12.9. The maximum atomic E-state index is 10.7. The number of aromatic nitrogens is 2. The number of rotatable bonds is 3. The molecule has 1 aromatic heterocycles. The van der Waals surface area contributed by atoms with Crippen LogP contribution in [0.3, 0.4) is 0 Å². The highest BCUT2D eigenvalue weighted by atomic mass is 16.4. The van der Waals surface area contributed by atoms with Gasteiger partial charge in [0.25, 0.3) is 0 Å². The molecule has 0 saturated carbocycles. The van der Waals surface area contributed by atoms with E-state index in [4.69, 9.17) is 5.11 Å². The summed E-state index contributed by atoms with van der Waals surface area (Å²) in [5.41, 5.74) is 0.430. The molecule has 1 N–H and O–H groups in total. The van der Waals surface area contributed by atoms with E-state index in [0.29, 0.717) is 5.41 Å². The highest BCUT2D eigenvalue weighted by Crippen LogP contribution is 2.34. The molecule has 0 unspecified atom stereocenters. The first-order valence-corrected chi connectivity index (χ1v) is 6.36. The molecule has 1 saturated heterocycles. The van der Waals surface area contributed by atoms with Crippen molar-refractivity contribution < 1.29 is 9.90 Å². The second kappa shape index (κ2) is 4.92. The summed E-state index contributed by atoms with van der Waals surface area (Å²) in [6.07, 6.45) is 3.49. The summed E-state index contributed by atoms with van der Waals surface area (Å²) in [6, 6.07) is 3.25. The van der Waals surface area contributed by atoms with Crippen LogP contribution in [0.25, 0.3) is 0 Å². The quantitative estimate of drug-likeness (QED) is 0.889. The number of nitrogens with zero attached hydrogens (tertiary/aromatic N) is 3. The first-order valence-electron chi connectivity index (χ1n) is 6.36. The lowest BCUT2D eigenvalue weighted by Gasteiger charge is -2.39. The zero-order valence-corrected chi connectivity index (χ0v) is 10.9. The normalized spacial score (nSPS) is 18.7. The summed E-state index contributed by atoms with van der Waals surface area (Å²) in [7, 11) is 0. The minimum Gasteiger partial charge on any atom is -0.476 e. The fourth-order valence-electron chi connectivity index (χ4n) is 2.24. The van der Waals surface area contributed by atoms with Gasteiger partial charge in [0, 0.05) is 13.1 Å². The van der Waals surface area contributed by atoms with Crippen LogP contribution in [0.4, 0.5) is 5.82 Å². The maximum absolute atomic E-state index is 10.7. The van der Waals surface area contributed by atoms with Crippen LogP contribution in [0.1, 0.15) is 43.6 Å². The minimum atomic E-state index is -1.04. The van der Waals surface area contributed by atoms with Crippen LogP contribution in [0.2, 0.25) is 0 Å². The SMILES string of the molecule is CCC1(C)CCN(c2ccc(C(=O)O)nn2)CC1. The van der Waals surface area contributed by atoms with Gasteiger partial charge in [-0.1, -0.05) is 20.3 Å². The number of aromatic carboxylic acids is 1. The zero-order chi connectivity index (χ0) is 13.2. The third kappa shape index (κ3) is 2.60. The fraction of sp³-hybridized carbons (Fsp3) is 0.615. The molecule has 0 aromatic carbocycles. The van der Waals surface area contributed by atoms with Crippen molar-refractivity contribution in [3.05, 3.63) is 17.8 Å². The van der Waals surface area contributed by atoms with E-state index in [2.05, 4.69) is 28.9 Å². The van der Waals surface area contributed by atoms with Gasteiger partial charge in [0.05, 0.1) is 0 Å². The van der Waals surface area contributed by atoms with Gasteiger partial charge in [0.2, 0.25) is 0 Å². The number of carbonyl (C=O) groups is 1. The Morgan fingerprint density at radius 2 is 2.06 bits per heavy atom. The minimum absolute atomic E-state index is 0.00541. The number of carboxylic acid groups (broad SMARTS) is 1. The average Bonchev–Trinajstić information content (AvgIpc) is 2.40. The molecule has 5 nitrogen and oxygen atoms in total. The van der Waals surface area contributed by atoms with Crippen molar-refractivity contribution in [2.24, 2.45) is 5.41 Å². The van der Waals surface area contributed by atoms with Crippen molar-refractivity contribution in [2.75, 3.05) is 18.0 Å². The molecule has 0 aliphatic carbocycles. The van der Waals surface area contributed by atoms with Gasteiger partial charge in [-0.25, -0.2) is 4.79 Å². The lowest BCUT2D eigenvalue weighted by atomic mass is 9.78. The molecule has 5 heteroatoms. The average molecular weight is 249 g/mol. The summed E-state index contributed by atoms with van der Waals surface area (Å²) < 4.78 is 0. The topological polar surface area (TPSA) is 66.3 Å². The molecule has 0 atom stereocenters. The highest BCUT2D eigenvalue weighted by Gasteiger charge is 2.28. The van der Waals surface area contributed by atoms with E-state index in [-0.39, 0.29) is 5.69 Å². The summed E-state index contributed by atoms with van der Waals surface area (Å²) in [6.45, 7) is 6.48. The Balaban J connectivity index is 2.03. The number of anilines is 1. The van der Waals surface area contributed by atoms with Crippen molar-refractivity contribution in [1.29, 1.82) is 0 Å². The van der Waals surface area contributed by atoms with Crippen molar-refractivity contribution in [3.8, 4) is 0 Å². The van der Waals surface area contributed by atoms with E-state index < -0.39 is 5.97 Å². The number of hydrogen-bond donors (Lipinski definition) is 1. The Bertz CT molecular complexity index is 422. The van der Waals surface area contributed by atoms with Gasteiger partial charge < -0.3 is 10.0 Å². The Kier molecular flexibility index (Phi) is 3.50. The predicted molar refractivity (Wildman–Crippen MR) is 68.8 cm³/mol. The third-order valence-electron chi connectivity index (χ3n) is 4.02. The zero-order valence-electron chi connectivity index (χ0n) is 10.9.